The Labute approximate surface area is 226 Å². The summed E-state index contributed by atoms with van der Waals surface area (Å²) in [5.41, 5.74) is 1.25. The highest BCUT2D eigenvalue weighted by Gasteiger charge is 2.53. The molecule has 2 aromatic carbocycles. The molecule has 1 saturated carbocycles. The van der Waals surface area contributed by atoms with Crippen LogP contribution < -0.4 is 15.0 Å². The van der Waals surface area contributed by atoms with Crippen molar-refractivity contribution in [2.24, 2.45) is 4.99 Å². The summed E-state index contributed by atoms with van der Waals surface area (Å²) >= 11 is 0. The van der Waals surface area contributed by atoms with Crippen LogP contribution in [0.4, 0.5) is 14.9 Å². The second kappa shape index (κ2) is 11.9. The average Bonchev–Trinajstić information content (AvgIpc) is 3.19. The number of halogens is 1. The lowest BCUT2D eigenvalue weighted by molar-refractivity contribution is 0.181. The van der Waals surface area contributed by atoms with Gasteiger partial charge in [0.15, 0.2) is 0 Å². The van der Waals surface area contributed by atoms with Gasteiger partial charge in [-0.05, 0) is 74.4 Å². The fraction of sp³-hybridized carbons (Fsp3) is 0.548. The molecule has 2 aromatic rings. The van der Waals surface area contributed by atoms with Crippen LogP contribution in [0.5, 0.6) is 5.75 Å². The maximum absolute atomic E-state index is 14.2. The number of carbonyl (C=O) groups excluding carboxylic acids is 1. The Morgan fingerprint density at radius 1 is 1.05 bits per heavy atom. The zero-order valence-electron chi connectivity index (χ0n) is 22.8. The molecule has 2 aliphatic heterocycles. The number of nitrogens with zero attached hydrogens (tertiary/aromatic N) is 3. The van der Waals surface area contributed by atoms with Crippen molar-refractivity contribution in [3.63, 3.8) is 0 Å². The van der Waals surface area contributed by atoms with Gasteiger partial charge in [0.2, 0.25) is 0 Å². The molecule has 0 aromatic heterocycles. The molecule has 1 N–H and O–H groups in total. The second-order valence-corrected chi connectivity index (χ2v) is 11.0. The molecule has 0 unspecified atom stereocenters. The van der Waals surface area contributed by atoms with Gasteiger partial charge in [-0.25, -0.2) is 9.18 Å². The minimum Gasteiger partial charge on any atom is -0.490 e. The van der Waals surface area contributed by atoms with Gasteiger partial charge < -0.3 is 4.74 Å². The molecule has 204 valence electrons. The lowest BCUT2D eigenvalue weighted by Gasteiger charge is -2.44. The summed E-state index contributed by atoms with van der Waals surface area (Å²) in [7, 11) is 0. The Hall–Kier alpha value is -2.93. The first kappa shape index (κ1) is 26.7. The molecule has 5 rings (SSSR count). The summed E-state index contributed by atoms with van der Waals surface area (Å²) in [4.78, 5) is 22.7. The van der Waals surface area contributed by atoms with Crippen LogP contribution in [0.1, 0.15) is 77.2 Å². The highest BCUT2D eigenvalue weighted by Crippen LogP contribution is 2.39. The van der Waals surface area contributed by atoms with Gasteiger partial charge in [0.1, 0.15) is 22.9 Å². The van der Waals surface area contributed by atoms with E-state index in [1.54, 1.807) is 11.0 Å². The van der Waals surface area contributed by atoms with Crippen LogP contribution in [0.15, 0.2) is 53.5 Å². The van der Waals surface area contributed by atoms with Crippen molar-refractivity contribution < 1.29 is 13.9 Å². The number of amides is 2. The number of carbonyl (C=O) groups is 1. The molecule has 1 aliphatic carbocycles. The molecular formula is C31H41FN4O2. The van der Waals surface area contributed by atoms with Gasteiger partial charge in [0.25, 0.3) is 0 Å². The molecule has 3 fully saturated rings. The van der Waals surface area contributed by atoms with E-state index in [9.17, 15) is 9.18 Å². The van der Waals surface area contributed by atoms with Crippen molar-refractivity contribution in [3.05, 3.63) is 59.9 Å². The summed E-state index contributed by atoms with van der Waals surface area (Å²) < 4.78 is 20.4. The first-order valence-corrected chi connectivity index (χ1v) is 14.4. The number of amidine groups is 1. The third-order valence-electron chi connectivity index (χ3n) is 8.45. The average molecular weight is 521 g/mol. The van der Waals surface area contributed by atoms with Crippen molar-refractivity contribution >= 4 is 17.6 Å². The number of nitrogens with one attached hydrogen (secondary N) is 1. The third-order valence-corrected chi connectivity index (χ3v) is 8.45. The van der Waals surface area contributed by atoms with Gasteiger partial charge in [-0.1, -0.05) is 51.3 Å². The van der Waals surface area contributed by atoms with E-state index in [0.29, 0.717) is 5.69 Å². The lowest BCUT2D eigenvalue weighted by atomic mass is 9.84. The molecule has 0 bridgehead atoms. The minimum atomic E-state index is -0.570. The number of piperidine rings is 1. The number of rotatable bonds is 8. The van der Waals surface area contributed by atoms with E-state index in [1.807, 2.05) is 12.1 Å². The Bertz CT molecular complexity index is 1130. The number of hydrogen-bond donors (Lipinski definition) is 1. The van der Waals surface area contributed by atoms with E-state index in [2.05, 4.69) is 42.3 Å². The van der Waals surface area contributed by atoms with Gasteiger partial charge in [-0.3, -0.25) is 20.1 Å². The van der Waals surface area contributed by atoms with Gasteiger partial charge in [-0.15, -0.1) is 0 Å². The minimum absolute atomic E-state index is 0.204. The van der Waals surface area contributed by atoms with Crippen molar-refractivity contribution in [2.75, 3.05) is 18.0 Å². The first-order valence-electron chi connectivity index (χ1n) is 14.4. The predicted molar refractivity (Wildman–Crippen MR) is 150 cm³/mol. The highest BCUT2D eigenvalue weighted by atomic mass is 19.1. The number of anilines is 1. The number of likely N-dealkylation sites (tertiary alicyclic amines) is 1. The molecule has 6 nitrogen and oxygen atoms in total. The second-order valence-electron chi connectivity index (χ2n) is 11.0. The third kappa shape index (κ3) is 5.73. The van der Waals surface area contributed by atoms with Crippen LogP contribution in [0.25, 0.3) is 0 Å². The van der Waals surface area contributed by atoms with Gasteiger partial charge in [0, 0.05) is 25.3 Å². The molecule has 2 heterocycles. The SMILES string of the molecule is CCC(CC)Oc1cccc(CN2CCC3(CC2)C(=NC2CCCCC2)NC(=O)N3c2cccc(F)c2)c1. The van der Waals surface area contributed by atoms with Crippen molar-refractivity contribution in [3.8, 4) is 5.75 Å². The molecular weight excluding hydrogens is 479 g/mol. The fourth-order valence-electron chi connectivity index (χ4n) is 6.26. The summed E-state index contributed by atoms with van der Waals surface area (Å²) in [6.07, 6.45) is 9.48. The molecule has 7 heteroatoms. The van der Waals surface area contributed by atoms with Gasteiger partial charge >= 0.3 is 6.03 Å². The van der Waals surface area contributed by atoms with Crippen LogP contribution in [-0.2, 0) is 6.54 Å². The van der Waals surface area contributed by atoms with Crippen LogP contribution in [0, 0.1) is 5.82 Å². The smallest absolute Gasteiger partial charge is 0.328 e. The zero-order chi connectivity index (χ0) is 26.5. The van der Waals surface area contributed by atoms with Crippen LogP contribution in [-0.4, -0.2) is 47.5 Å². The quantitative estimate of drug-likeness (QED) is 0.422. The number of aliphatic imine (C=N–C) groups is 1. The Morgan fingerprint density at radius 2 is 1.79 bits per heavy atom. The van der Waals surface area contributed by atoms with E-state index in [0.717, 1.165) is 69.7 Å². The molecule has 2 saturated heterocycles. The van der Waals surface area contributed by atoms with Crippen molar-refractivity contribution in [1.29, 1.82) is 0 Å². The van der Waals surface area contributed by atoms with E-state index < -0.39 is 5.54 Å². The molecule has 38 heavy (non-hydrogen) atoms. The van der Waals surface area contributed by atoms with E-state index in [4.69, 9.17) is 9.73 Å². The Kier molecular flexibility index (Phi) is 8.32. The predicted octanol–water partition coefficient (Wildman–Crippen LogP) is 6.69. The number of hydrogen-bond acceptors (Lipinski definition) is 4. The molecule has 1 spiro atoms. The normalized spacial score (nSPS) is 21.4. The summed E-state index contributed by atoms with van der Waals surface area (Å²) in [6.45, 7) is 6.78. The largest absolute Gasteiger partial charge is 0.490 e. The zero-order valence-corrected chi connectivity index (χ0v) is 22.8. The molecule has 2 amide bonds. The highest BCUT2D eigenvalue weighted by molar-refractivity contribution is 6.19. The monoisotopic (exact) mass is 520 g/mol. The maximum atomic E-state index is 14.2. The van der Waals surface area contributed by atoms with Crippen molar-refractivity contribution in [2.45, 2.75) is 95.9 Å². The van der Waals surface area contributed by atoms with Gasteiger partial charge in [-0.2, -0.15) is 0 Å². The van der Waals surface area contributed by atoms with E-state index >= 15 is 0 Å². The maximum Gasteiger partial charge on any atom is 0.328 e. The van der Waals surface area contributed by atoms with Crippen molar-refractivity contribution in [1.82, 2.24) is 10.2 Å². The lowest BCUT2D eigenvalue weighted by Crippen LogP contribution is -2.57. The molecule has 3 aliphatic rings. The van der Waals surface area contributed by atoms with Gasteiger partial charge in [0.05, 0.1) is 12.1 Å². The Balaban J connectivity index is 1.35. The molecule has 0 radical (unpaired) electrons. The van der Waals surface area contributed by atoms with E-state index in [-0.39, 0.29) is 24.0 Å². The topological polar surface area (TPSA) is 57.2 Å². The first-order chi connectivity index (χ1) is 18.5. The van der Waals surface area contributed by atoms with Crippen LogP contribution >= 0.6 is 0 Å². The van der Waals surface area contributed by atoms with Crippen LogP contribution in [0.2, 0.25) is 0 Å². The summed E-state index contributed by atoms with van der Waals surface area (Å²) in [6, 6.07) is 14.8. The summed E-state index contributed by atoms with van der Waals surface area (Å²) in [5, 5.41) is 3.11. The number of benzene rings is 2. The number of urea groups is 1. The van der Waals surface area contributed by atoms with Crippen LogP contribution in [0.3, 0.4) is 0 Å². The standard InChI is InChI=1S/C31H41FN4O2/c1-3-27(4-2)38-28-15-8-10-23(20-28)22-35-18-16-31(17-19-35)29(33-25-12-6-5-7-13-25)34-30(37)36(31)26-14-9-11-24(32)21-26/h8-11,14-15,20-21,25,27H,3-7,12-13,16-19,22H2,1-2H3,(H,33,34,37). The Morgan fingerprint density at radius 3 is 2.50 bits per heavy atom. The number of ether oxygens (including phenoxy) is 1. The molecule has 0 atom stereocenters. The fourth-order valence-corrected chi connectivity index (χ4v) is 6.26. The summed E-state index contributed by atoms with van der Waals surface area (Å²) in [5.74, 6) is 1.37. The van der Waals surface area contributed by atoms with E-state index in [1.165, 1.54) is 37.0 Å².